The van der Waals surface area contributed by atoms with Crippen molar-refractivity contribution in [3.8, 4) is 0 Å². The van der Waals surface area contributed by atoms with Crippen LogP contribution in [-0.2, 0) is 15.8 Å². The van der Waals surface area contributed by atoms with Crippen molar-refractivity contribution in [2.75, 3.05) is 6.16 Å². The molecule has 1 unspecified atom stereocenters. The number of carbonyl (C=O) groups is 1. The quantitative estimate of drug-likeness (QED) is 0.571. The zero-order valence-electron chi connectivity index (χ0n) is 9.69. The minimum Gasteiger partial charge on any atom is -0.481 e. The average molecular weight is 273 g/mol. The Morgan fingerprint density at radius 3 is 2.50 bits per heavy atom. The summed E-state index contributed by atoms with van der Waals surface area (Å²) in [7, 11) is -4.07. The molecular formula is C11H16NO5P. The third kappa shape index (κ3) is 4.98. The van der Waals surface area contributed by atoms with Gasteiger partial charge in [-0.2, -0.15) is 0 Å². The number of hydrogen-bond donors (Lipinski definition) is 4. The summed E-state index contributed by atoms with van der Waals surface area (Å²) in [5, 5.41) is 8.69. The molecule has 18 heavy (non-hydrogen) atoms. The molecule has 0 bridgehead atoms. The van der Waals surface area contributed by atoms with Gasteiger partial charge in [0, 0.05) is 6.04 Å². The molecule has 100 valence electrons. The number of rotatable bonds is 6. The summed E-state index contributed by atoms with van der Waals surface area (Å²) in [5.41, 5.74) is 7.06. The largest absolute Gasteiger partial charge is 0.481 e. The monoisotopic (exact) mass is 273 g/mol. The van der Waals surface area contributed by atoms with Crippen molar-refractivity contribution in [1.82, 2.24) is 0 Å². The SMILES string of the molecule is NC(CC(=O)O)c1ccccc1CCP(=O)(O)O. The molecule has 0 radical (unpaired) electrons. The fourth-order valence-electron chi connectivity index (χ4n) is 1.69. The lowest BCUT2D eigenvalue weighted by Gasteiger charge is -2.15. The molecule has 0 saturated heterocycles. The first-order chi connectivity index (χ1) is 8.29. The number of hydrogen-bond acceptors (Lipinski definition) is 3. The maximum absolute atomic E-state index is 10.8. The normalized spacial score (nSPS) is 13.3. The van der Waals surface area contributed by atoms with Gasteiger partial charge in [0.05, 0.1) is 12.6 Å². The minimum atomic E-state index is -4.07. The molecule has 5 N–H and O–H groups in total. The number of nitrogens with two attached hydrogens (primary N) is 1. The number of carboxylic acids is 1. The van der Waals surface area contributed by atoms with Crippen LogP contribution >= 0.6 is 7.60 Å². The van der Waals surface area contributed by atoms with E-state index in [0.717, 1.165) is 0 Å². The van der Waals surface area contributed by atoms with E-state index in [-0.39, 0.29) is 19.0 Å². The lowest BCUT2D eigenvalue weighted by molar-refractivity contribution is -0.137. The van der Waals surface area contributed by atoms with Crippen LogP contribution in [0, 0.1) is 0 Å². The van der Waals surface area contributed by atoms with Gasteiger partial charge in [0.2, 0.25) is 0 Å². The Labute approximate surface area is 105 Å². The molecule has 0 saturated carbocycles. The van der Waals surface area contributed by atoms with E-state index in [9.17, 15) is 9.36 Å². The van der Waals surface area contributed by atoms with Crippen molar-refractivity contribution in [3.63, 3.8) is 0 Å². The predicted octanol–water partition coefficient (Wildman–Crippen LogP) is 0.881. The third-order valence-electron chi connectivity index (χ3n) is 2.52. The Hall–Kier alpha value is -1.20. The van der Waals surface area contributed by atoms with Crippen LogP contribution in [0.3, 0.4) is 0 Å². The molecule has 0 aromatic heterocycles. The Morgan fingerprint density at radius 2 is 1.94 bits per heavy atom. The fourth-order valence-corrected chi connectivity index (χ4v) is 2.22. The van der Waals surface area contributed by atoms with Crippen molar-refractivity contribution < 1.29 is 24.3 Å². The molecule has 7 heteroatoms. The van der Waals surface area contributed by atoms with Crippen molar-refractivity contribution in [2.24, 2.45) is 5.73 Å². The zero-order chi connectivity index (χ0) is 13.8. The summed E-state index contributed by atoms with van der Waals surface area (Å²) in [6, 6.07) is 6.16. The van der Waals surface area contributed by atoms with Gasteiger partial charge >= 0.3 is 13.6 Å². The van der Waals surface area contributed by atoms with Gasteiger partial charge in [-0.1, -0.05) is 24.3 Å². The summed E-state index contributed by atoms with van der Waals surface area (Å²) in [5.74, 6) is -1.01. The Balaban J connectivity index is 2.85. The molecule has 1 rings (SSSR count). The van der Waals surface area contributed by atoms with Crippen LogP contribution in [0.4, 0.5) is 0 Å². The molecule has 1 aromatic carbocycles. The molecule has 0 heterocycles. The number of benzene rings is 1. The summed E-state index contributed by atoms with van der Waals surface area (Å²) < 4.78 is 10.8. The van der Waals surface area contributed by atoms with Crippen molar-refractivity contribution in [2.45, 2.75) is 18.9 Å². The number of aryl methyl sites for hydroxylation is 1. The molecule has 0 spiro atoms. The van der Waals surface area contributed by atoms with Crippen LogP contribution < -0.4 is 5.73 Å². The molecule has 6 nitrogen and oxygen atoms in total. The van der Waals surface area contributed by atoms with E-state index in [0.29, 0.717) is 11.1 Å². The average Bonchev–Trinajstić information content (AvgIpc) is 2.25. The van der Waals surface area contributed by atoms with Crippen LogP contribution in [-0.4, -0.2) is 27.0 Å². The highest BCUT2D eigenvalue weighted by Crippen LogP contribution is 2.35. The highest BCUT2D eigenvalue weighted by atomic mass is 31.2. The summed E-state index contributed by atoms with van der Waals surface area (Å²) in [4.78, 5) is 28.3. The lowest BCUT2D eigenvalue weighted by Crippen LogP contribution is -2.17. The van der Waals surface area contributed by atoms with Crippen LogP contribution in [0.25, 0.3) is 0 Å². The molecule has 1 atom stereocenters. The summed E-state index contributed by atoms with van der Waals surface area (Å²) in [6.45, 7) is 0. The number of carboxylic acid groups (broad SMARTS) is 1. The highest BCUT2D eigenvalue weighted by Gasteiger charge is 2.17. The van der Waals surface area contributed by atoms with Gasteiger partial charge in [-0.05, 0) is 17.5 Å². The third-order valence-corrected chi connectivity index (χ3v) is 3.33. The van der Waals surface area contributed by atoms with Crippen molar-refractivity contribution in [3.05, 3.63) is 35.4 Å². The molecule has 0 amide bonds. The topological polar surface area (TPSA) is 121 Å². The Bertz CT molecular complexity index is 470. The van der Waals surface area contributed by atoms with Crippen molar-refractivity contribution in [1.29, 1.82) is 0 Å². The standard InChI is InChI=1S/C11H16NO5P/c12-10(7-11(13)14)9-4-2-1-3-8(9)5-6-18(15,16)17/h1-4,10H,5-7,12H2,(H,13,14)(H2,15,16,17). The van der Waals surface area contributed by atoms with E-state index in [1.165, 1.54) is 0 Å². The molecular weight excluding hydrogens is 257 g/mol. The van der Waals surface area contributed by atoms with Gasteiger partial charge in [-0.25, -0.2) is 0 Å². The van der Waals surface area contributed by atoms with Crippen LogP contribution in [0.5, 0.6) is 0 Å². The van der Waals surface area contributed by atoms with E-state index in [2.05, 4.69) is 0 Å². The van der Waals surface area contributed by atoms with E-state index in [1.54, 1.807) is 24.3 Å². The maximum Gasteiger partial charge on any atom is 0.325 e. The van der Waals surface area contributed by atoms with E-state index < -0.39 is 19.6 Å². The number of aliphatic carboxylic acids is 1. The second-order valence-electron chi connectivity index (χ2n) is 4.04. The van der Waals surface area contributed by atoms with Gasteiger partial charge in [0.1, 0.15) is 0 Å². The van der Waals surface area contributed by atoms with Gasteiger partial charge in [-0.3, -0.25) is 9.36 Å². The Morgan fingerprint density at radius 1 is 1.33 bits per heavy atom. The first kappa shape index (κ1) is 14.9. The molecule has 0 fully saturated rings. The van der Waals surface area contributed by atoms with E-state index >= 15 is 0 Å². The van der Waals surface area contributed by atoms with Gasteiger partial charge in [-0.15, -0.1) is 0 Å². The van der Waals surface area contributed by atoms with Gasteiger partial charge in [0.15, 0.2) is 0 Å². The van der Waals surface area contributed by atoms with Gasteiger partial charge < -0.3 is 20.6 Å². The maximum atomic E-state index is 10.8. The summed E-state index contributed by atoms with van der Waals surface area (Å²) >= 11 is 0. The van der Waals surface area contributed by atoms with Crippen LogP contribution in [0.15, 0.2) is 24.3 Å². The predicted molar refractivity (Wildman–Crippen MR) is 66.2 cm³/mol. The Kier molecular flexibility index (Phi) is 5.04. The highest BCUT2D eigenvalue weighted by molar-refractivity contribution is 7.51. The first-order valence-corrected chi connectivity index (χ1v) is 7.19. The van der Waals surface area contributed by atoms with Crippen molar-refractivity contribution >= 4 is 13.6 Å². The van der Waals surface area contributed by atoms with Crippen LogP contribution in [0.1, 0.15) is 23.6 Å². The lowest BCUT2D eigenvalue weighted by atomic mass is 9.97. The minimum absolute atomic E-state index is 0.174. The summed E-state index contributed by atoms with van der Waals surface area (Å²) in [6.07, 6.45) is -0.315. The fraction of sp³-hybridized carbons (Fsp3) is 0.364. The molecule has 0 aliphatic heterocycles. The second-order valence-corrected chi connectivity index (χ2v) is 5.82. The smallest absolute Gasteiger partial charge is 0.325 e. The molecule has 1 aromatic rings. The molecule has 0 aliphatic carbocycles. The van der Waals surface area contributed by atoms with E-state index in [4.69, 9.17) is 20.6 Å². The van der Waals surface area contributed by atoms with Crippen LogP contribution in [0.2, 0.25) is 0 Å². The first-order valence-electron chi connectivity index (χ1n) is 5.39. The van der Waals surface area contributed by atoms with E-state index in [1.807, 2.05) is 0 Å². The molecule has 0 aliphatic rings. The van der Waals surface area contributed by atoms with Gasteiger partial charge in [0.25, 0.3) is 0 Å². The zero-order valence-corrected chi connectivity index (χ0v) is 10.6. The second kappa shape index (κ2) is 6.11.